The molecule has 0 N–H and O–H groups in total. The standard InChI is InChI=1S/C16H12F10N2OS/c1-8-3-4-9(5-11(8)30(29)7-13(17,18)19)10-6-12(27-28(10)2)14(20,21)15(22,23)16(24,25)26/h3-6H,7H2,1-2H3. The van der Waals surface area contributed by atoms with E-state index in [-0.39, 0.29) is 22.1 Å². The topological polar surface area (TPSA) is 34.9 Å². The lowest BCUT2D eigenvalue weighted by Gasteiger charge is -2.26. The summed E-state index contributed by atoms with van der Waals surface area (Å²) in [6.07, 6.45) is -11.3. The molecule has 30 heavy (non-hydrogen) atoms. The van der Waals surface area contributed by atoms with Crippen molar-refractivity contribution in [1.82, 2.24) is 9.78 Å². The van der Waals surface area contributed by atoms with E-state index in [1.54, 1.807) is 0 Å². The van der Waals surface area contributed by atoms with E-state index < -0.39 is 52.1 Å². The zero-order valence-corrected chi connectivity index (χ0v) is 15.8. The Hall–Kier alpha value is -2.12. The van der Waals surface area contributed by atoms with E-state index in [2.05, 4.69) is 5.10 Å². The molecule has 0 fully saturated rings. The number of alkyl halides is 10. The molecule has 1 unspecified atom stereocenters. The highest BCUT2D eigenvalue weighted by Crippen LogP contribution is 2.51. The predicted molar refractivity (Wildman–Crippen MR) is 85.6 cm³/mol. The second kappa shape index (κ2) is 7.54. The number of halogens is 10. The molecule has 0 aliphatic heterocycles. The summed E-state index contributed by atoms with van der Waals surface area (Å²) in [7, 11) is -1.60. The molecule has 14 heteroatoms. The van der Waals surface area contributed by atoms with E-state index in [1.807, 2.05) is 0 Å². The van der Waals surface area contributed by atoms with Gasteiger partial charge in [-0.1, -0.05) is 12.1 Å². The molecule has 3 nitrogen and oxygen atoms in total. The smallest absolute Gasteiger partial charge is 0.267 e. The Kier molecular flexibility index (Phi) is 6.07. The highest BCUT2D eigenvalue weighted by molar-refractivity contribution is 7.85. The molecule has 1 atom stereocenters. The maximum Gasteiger partial charge on any atom is 0.460 e. The zero-order valence-electron chi connectivity index (χ0n) is 15.0. The van der Waals surface area contributed by atoms with Gasteiger partial charge >= 0.3 is 24.2 Å². The second-order valence-electron chi connectivity index (χ2n) is 6.27. The van der Waals surface area contributed by atoms with Gasteiger partial charge in [0, 0.05) is 17.5 Å². The van der Waals surface area contributed by atoms with Crippen LogP contribution in [0.2, 0.25) is 0 Å². The summed E-state index contributed by atoms with van der Waals surface area (Å²) < 4.78 is 141. The van der Waals surface area contributed by atoms with Gasteiger partial charge in [0.1, 0.15) is 11.4 Å². The number of hydrogen-bond acceptors (Lipinski definition) is 2. The molecular weight excluding hydrogens is 458 g/mol. The minimum absolute atomic E-state index is 0.154. The third-order valence-electron chi connectivity index (χ3n) is 3.98. The van der Waals surface area contributed by atoms with Crippen LogP contribution in [0.3, 0.4) is 0 Å². The summed E-state index contributed by atoms with van der Waals surface area (Å²) in [4.78, 5) is -0.306. The molecule has 0 bridgehead atoms. The van der Waals surface area contributed by atoms with Gasteiger partial charge in [-0.3, -0.25) is 8.89 Å². The van der Waals surface area contributed by atoms with Crippen molar-refractivity contribution in [2.45, 2.75) is 36.0 Å². The van der Waals surface area contributed by atoms with Crippen LogP contribution in [-0.4, -0.2) is 38.0 Å². The third-order valence-corrected chi connectivity index (χ3v) is 5.50. The van der Waals surface area contributed by atoms with Gasteiger partial charge in [0.15, 0.2) is 0 Å². The van der Waals surface area contributed by atoms with Crippen molar-refractivity contribution in [3.8, 4) is 11.3 Å². The van der Waals surface area contributed by atoms with Crippen LogP contribution in [0.1, 0.15) is 11.3 Å². The van der Waals surface area contributed by atoms with Gasteiger partial charge in [-0.25, -0.2) is 0 Å². The molecule has 168 valence electrons. The van der Waals surface area contributed by atoms with E-state index in [0.717, 1.165) is 13.1 Å². The van der Waals surface area contributed by atoms with Gasteiger partial charge in [0.25, 0.3) is 0 Å². The maximum atomic E-state index is 13.9. The van der Waals surface area contributed by atoms with Crippen LogP contribution in [-0.2, 0) is 23.8 Å². The van der Waals surface area contributed by atoms with Gasteiger partial charge in [-0.15, -0.1) is 0 Å². The van der Waals surface area contributed by atoms with Gasteiger partial charge < -0.3 is 0 Å². The highest BCUT2D eigenvalue weighted by Gasteiger charge is 2.74. The second-order valence-corrected chi connectivity index (χ2v) is 7.69. The van der Waals surface area contributed by atoms with Crippen molar-refractivity contribution in [3.63, 3.8) is 0 Å². The molecule has 0 aliphatic rings. The quantitative estimate of drug-likeness (QED) is 0.552. The van der Waals surface area contributed by atoms with E-state index in [9.17, 15) is 48.1 Å². The molecule has 2 rings (SSSR count). The molecule has 0 spiro atoms. The lowest BCUT2D eigenvalue weighted by atomic mass is 10.1. The van der Waals surface area contributed by atoms with Crippen LogP contribution in [0.5, 0.6) is 0 Å². The van der Waals surface area contributed by atoms with E-state index in [4.69, 9.17) is 0 Å². The number of hydrogen-bond donors (Lipinski definition) is 0. The van der Waals surface area contributed by atoms with Crippen LogP contribution in [0.25, 0.3) is 11.3 Å². The Balaban J connectivity index is 2.52. The van der Waals surface area contributed by atoms with Crippen molar-refractivity contribution in [2.75, 3.05) is 5.75 Å². The molecule has 2 aromatic rings. The molecule has 0 aliphatic carbocycles. The minimum Gasteiger partial charge on any atom is -0.267 e. The first-order chi connectivity index (χ1) is 13.4. The first kappa shape index (κ1) is 24.2. The Morgan fingerprint density at radius 1 is 0.967 bits per heavy atom. The summed E-state index contributed by atoms with van der Waals surface area (Å²) in [6, 6.07) is 3.59. The van der Waals surface area contributed by atoms with E-state index >= 15 is 0 Å². The first-order valence-electron chi connectivity index (χ1n) is 7.81. The molecule has 1 heterocycles. The van der Waals surface area contributed by atoms with Gasteiger partial charge in [0.2, 0.25) is 0 Å². The number of nitrogens with zero attached hydrogens (tertiary/aromatic N) is 2. The monoisotopic (exact) mass is 470 g/mol. The number of aryl methyl sites for hydroxylation is 2. The van der Waals surface area contributed by atoms with Crippen LogP contribution in [0.15, 0.2) is 29.2 Å². The Labute approximate surface area is 165 Å². The highest BCUT2D eigenvalue weighted by atomic mass is 32.2. The average molecular weight is 470 g/mol. The van der Waals surface area contributed by atoms with Crippen LogP contribution in [0.4, 0.5) is 43.9 Å². The molecular formula is C16H12F10N2OS. The fourth-order valence-electron chi connectivity index (χ4n) is 2.46. The number of rotatable bonds is 5. The Morgan fingerprint density at radius 3 is 2.03 bits per heavy atom. The fourth-order valence-corrected chi connectivity index (χ4v) is 3.60. The Bertz CT molecular complexity index is 962. The van der Waals surface area contributed by atoms with E-state index in [1.165, 1.54) is 19.1 Å². The number of benzene rings is 1. The number of aromatic nitrogens is 2. The van der Waals surface area contributed by atoms with Crippen molar-refractivity contribution in [3.05, 3.63) is 35.5 Å². The van der Waals surface area contributed by atoms with Crippen LogP contribution >= 0.6 is 0 Å². The third kappa shape index (κ3) is 4.47. The van der Waals surface area contributed by atoms with Crippen LogP contribution in [0, 0.1) is 6.92 Å². The van der Waals surface area contributed by atoms with Gasteiger partial charge in [-0.05, 0) is 24.6 Å². The lowest BCUT2D eigenvalue weighted by Crippen LogP contribution is -2.50. The minimum atomic E-state index is -6.56. The van der Waals surface area contributed by atoms with Crippen molar-refractivity contribution in [1.29, 1.82) is 0 Å². The van der Waals surface area contributed by atoms with Crippen molar-refractivity contribution in [2.24, 2.45) is 7.05 Å². The summed E-state index contributed by atoms with van der Waals surface area (Å²) in [5, 5.41) is 3.03. The maximum absolute atomic E-state index is 13.9. The molecule has 0 radical (unpaired) electrons. The summed E-state index contributed by atoms with van der Waals surface area (Å²) in [5.41, 5.74) is -2.27. The molecule has 1 aromatic heterocycles. The Morgan fingerprint density at radius 2 is 1.53 bits per heavy atom. The summed E-state index contributed by atoms with van der Waals surface area (Å²) in [6.45, 7) is 1.33. The van der Waals surface area contributed by atoms with Crippen molar-refractivity contribution >= 4 is 10.8 Å². The van der Waals surface area contributed by atoms with Gasteiger partial charge in [0.05, 0.1) is 16.5 Å². The lowest BCUT2D eigenvalue weighted by molar-refractivity contribution is -0.360. The summed E-state index contributed by atoms with van der Waals surface area (Å²) >= 11 is 0. The SMILES string of the molecule is Cc1ccc(-c2cc(C(F)(F)C(F)(F)C(F)(F)F)nn2C)cc1S(=O)CC(F)(F)F. The first-order valence-corrected chi connectivity index (χ1v) is 9.13. The van der Waals surface area contributed by atoms with Gasteiger partial charge in [-0.2, -0.15) is 49.0 Å². The van der Waals surface area contributed by atoms with Crippen molar-refractivity contribution < 1.29 is 48.1 Å². The molecule has 0 amide bonds. The molecule has 0 saturated carbocycles. The molecule has 1 aromatic carbocycles. The average Bonchev–Trinajstić information content (AvgIpc) is 2.95. The zero-order chi connectivity index (χ0) is 23.3. The van der Waals surface area contributed by atoms with Crippen LogP contribution < -0.4 is 0 Å². The molecule has 0 saturated heterocycles. The summed E-state index contributed by atoms with van der Waals surface area (Å²) in [5.74, 6) is -13.8. The largest absolute Gasteiger partial charge is 0.460 e. The fraction of sp³-hybridized carbons (Fsp3) is 0.438. The normalized spacial score (nSPS) is 14.8. The van der Waals surface area contributed by atoms with E-state index in [0.29, 0.717) is 4.68 Å². The predicted octanol–water partition coefficient (Wildman–Crippen LogP) is 5.35.